The molecule has 18 heteroatoms. The Balaban J connectivity index is 0.000000179. The van der Waals surface area contributed by atoms with Crippen molar-refractivity contribution in [3.8, 4) is 56.6 Å². The van der Waals surface area contributed by atoms with Gasteiger partial charge in [0.15, 0.2) is 11.3 Å². The van der Waals surface area contributed by atoms with Crippen molar-refractivity contribution in [3.05, 3.63) is 97.4 Å². The first-order valence-corrected chi connectivity index (χ1v) is 18.2. The van der Waals surface area contributed by atoms with E-state index in [-0.39, 0.29) is 22.6 Å². The molecule has 0 saturated carbocycles. The van der Waals surface area contributed by atoms with E-state index in [0.29, 0.717) is 39.7 Å². The summed E-state index contributed by atoms with van der Waals surface area (Å²) in [6, 6.07) is 10.6. The van der Waals surface area contributed by atoms with Crippen LogP contribution in [0.4, 0.5) is 0 Å². The minimum Gasteiger partial charge on any atom is -0.496 e. The summed E-state index contributed by atoms with van der Waals surface area (Å²) in [5.41, 5.74) is 8.02. The molecule has 0 aliphatic heterocycles. The number of nitrogens with zero attached hydrogens (tertiary/aromatic N) is 10. The van der Waals surface area contributed by atoms with E-state index in [1.165, 1.54) is 35.5 Å². The predicted molar refractivity (Wildman–Crippen MR) is 216 cm³/mol. The highest BCUT2D eigenvalue weighted by molar-refractivity contribution is 5.96. The van der Waals surface area contributed by atoms with Crippen LogP contribution in [0.25, 0.3) is 56.0 Å². The number of imidazole rings is 2. The average Bonchev–Trinajstić information content (AvgIpc) is 4.11. The molecule has 0 fully saturated rings. The summed E-state index contributed by atoms with van der Waals surface area (Å²) in [5.74, 6) is -0.616. The monoisotopic (exact) mass is 800 g/mol. The average molecular weight is 801 g/mol. The van der Waals surface area contributed by atoms with Gasteiger partial charge in [0.1, 0.15) is 57.8 Å². The van der Waals surface area contributed by atoms with E-state index < -0.39 is 11.9 Å². The molecule has 59 heavy (non-hydrogen) atoms. The Morgan fingerprint density at radius 1 is 0.559 bits per heavy atom. The third-order valence-corrected chi connectivity index (χ3v) is 9.50. The van der Waals surface area contributed by atoms with E-state index in [1.807, 2.05) is 53.9 Å². The second kappa shape index (κ2) is 16.8. The zero-order valence-corrected chi connectivity index (χ0v) is 33.3. The van der Waals surface area contributed by atoms with Crippen molar-refractivity contribution in [2.24, 2.45) is 0 Å². The molecule has 0 aliphatic rings. The van der Waals surface area contributed by atoms with Crippen molar-refractivity contribution in [3.63, 3.8) is 0 Å². The molecule has 0 saturated heterocycles. The lowest BCUT2D eigenvalue weighted by Crippen LogP contribution is -2.08. The molecule has 0 bridgehead atoms. The highest BCUT2D eigenvalue weighted by Gasteiger charge is 2.23. The first-order chi connectivity index (χ1) is 28.6. The number of aryl methyl sites for hydroxylation is 2. The van der Waals surface area contributed by atoms with E-state index in [2.05, 4.69) is 30.1 Å². The van der Waals surface area contributed by atoms with Crippen LogP contribution in [-0.2, 0) is 17.8 Å². The van der Waals surface area contributed by atoms with E-state index in [1.54, 1.807) is 64.6 Å². The van der Waals surface area contributed by atoms with Crippen molar-refractivity contribution >= 4 is 34.3 Å². The molecule has 0 amide bonds. The second-order valence-electron chi connectivity index (χ2n) is 12.8. The molecule has 2 aromatic carbocycles. The minimum absolute atomic E-state index is 0.0358. The number of pyridine rings is 2. The molecule has 6 aromatic heterocycles. The quantitative estimate of drug-likeness (QED) is 0.139. The Kier molecular flexibility index (Phi) is 11.2. The minimum atomic E-state index is -1.13. The summed E-state index contributed by atoms with van der Waals surface area (Å²) in [6.45, 7) is 5.65. The standard InChI is InChI=1S/C21H21N5O4.C20H19N5O4/c1-5-25-11-14(10-24-25)13-6-16-20(22-9-13)26(12-23-16)15-7-17(28-2)19(21(27)30-4)18(8-15)29-3;1-4-24-10-13(9-23-24)12-5-15-19(21-8-12)25(11-22-15)14-6-16(28-2)18(20(26)27)17(7-14)29-3/h6-12H,5H2,1-4H3;5-11H,4H2,1-3H3,(H,26,27). The summed E-state index contributed by atoms with van der Waals surface area (Å²) in [5, 5.41) is 18.1. The van der Waals surface area contributed by atoms with Crippen LogP contribution < -0.4 is 18.9 Å². The smallest absolute Gasteiger partial charge is 0.345 e. The number of aromatic carboxylic acids is 1. The number of esters is 1. The maximum atomic E-state index is 12.2. The van der Waals surface area contributed by atoms with E-state index in [0.717, 1.165) is 40.9 Å². The molecule has 302 valence electrons. The Labute approximate surface area is 337 Å². The molecule has 0 spiro atoms. The summed E-state index contributed by atoms with van der Waals surface area (Å²) >= 11 is 0. The lowest BCUT2D eigenvalue weighted by molar-refractivity contribution is 0.0592. The number of ether oxygens (including phenoxy) is 5. The van der Waals surface area contributed by atoms with Gasteiger partial charge in [-0.3, -0.25) is 18.5 Å². The maximum Gasteiger partial charge on any atom is 0.345 e. The summed E-state index contributed by atoms with van der Waals surface area (Å²) in [4.78, 5) is 41.8. The molecular weight excluding hydrogens is 761 g/mol. The van der Waals surface area contributed by atoms with Gasteiger partial charge in [-0.25, -0.2) is 29.5 Å². The van der Waals surface area contributed by atoms with Gasteiger partial charge in [-0.05, 0) is 26.0 Å². The van der Waals surface area contributed by atoms with Crippen LogP contribution in [0.5, 0.6) is 23.0 Å². The van der Waals surface area contributed by atoms with Gasteiger partial charge in [0.2, 0.25) is 0 Å². The van der Waals surface area contributed by atoms with Crippen molar-refractivity contribution in [2.75, 3.05) is 35.5 Å². The first kappa shape index (κ1) is 39.5. The van der Waals surface area contributed by atoms with Crippen LogP contribution in [0.3, 0.4) is 0 Å². The number of hydrogen-bond donors (Lipinski definition) is 1. The summed E-state index contributed by atoms with van der Waals surface area (Å²) < 4.78 is 33.5. The number of aromatic nitrogens is 10. The summed E-state index contributed by atoms with van der Waals surface area (Å²) in [7, 11) is 7.11. The highest BCUT2D eigenvalue weighted by atomic mass is 16.5. The molecule has 0 unspecified atom stereocenters. The molecule has 0 aliphatic carbocycles. The number of rotatable bonds is 12. The molecule has 18 nitrogen and oxygen atoms in total. The lowest BCUT2D eigenvalue weighted by atomic mass is 10.1. The number of methoxy groups -OCH3 is 5. The zero-order chi connectivity index (χ0) is 41.8. The largest absolute Gasteiger partial charge is 0.496 e. The van der Waals surface area contributed by atoms with Crippen molar-refractivity contribution in [1.82, 2.24) is 48.6 Å². The van der Waals surface area contributed by atoms with Crippen LogP contribution >= 0.6 is 0 Å². The normalized spacial score (nSPS) is 11.0. The fourth-order valence-corrected chi connectivity index (χ4v) is 6.46. The van der Waals surface area contributed by atoms with Crippen molar-refractivity contribution in [2.45, 2.75) is 26.9 Å². The van der Waals surface area contributed by atoms with Gasteiger partial charge in [-0.2, -0.15) is 10.2 Å². The Hall–Kier alpha value is -7.76. The molecule has 1 N–H and O–H groups in total. The first-order valence-electron chi connectivity index (χ1n) is 18.2. The maximum absolute atomic E-state index is 12.2. The molecule has 6 heterocycles. The number of fused-ring (bicyclic) bond motifs is 2. The van der Waals surface area contributed by atoms with E-state index in [4.69, 9.17) is 23.7 Å². The third-order valence-electron chi connectivity index (χ3n) is 9.50. The number of carbonyl (C=O) groups is 2. The van der Waals surface area contributed by atoms with E-state index >= 15 is 0 Å². The number of carbonyl (C=O) groups excluding carboxylic acids is 1. The Bertz CT molecular complexity index is 2770. The number of carboxylic acids is 1. The van der Waals surface area contributed by atoms with Crippen LogP contribution in [0, 0.1) is 0 Å². The highest BCUT2D eigenvalue weighted by Crippen LogP contribution is 2.35. The van der Waals surface area contributed by atoms with Gasteiger partial charge in [-0.15, -0.1) is 0 Å². The van der Waals surface area contributed by atoms with Crippen molar-refractivity contribution < 1.29 is 38.4 Å². The molecule has 0 atom stereocenters. The van der Waals surface area contributed by atoms with Gasteiger partial charge >= 0.3 is 11.9 Å². The molecular formula is C41H40N10O8. The fraction of sp³-hybridized carbons (Fsp3) is 0.220. The van der Waals surface area contributed by atoms with Gasteiger partial charge in [0.05, 0.1) is 59.3 Å². The third kappa shape index (κ3) is 7.57. The fourth-order valence-electron chi connectivity index (χ4n) is 6.46. The summed E-state index contributed by atoms with van der Waals surface area (Å²) in [6.07, 6.45) is 14.4. The van der Waals surface area contributed by atoms with Gasteiger partial charge < -0.3 is 28.8 Å². The van der Waals surface area contributed by atoms with Gasteiger partial charge in [0, 0.05) is 84.4 Å². The zero-order valence-electron chi connectivity index (χ0n) is 33.3. The van der Waals surface area contributed by atoms with Crippen LogP contribution in [-0.4, -0.2) is 101 Å². The Morgan fingerprint density at radius 3 is 1.31 bits per heavy atom. The lowest BCUT2D eigenvalue weighted by Gasteiger charge is -2.14. The SMILES string of the molecule is CCn1cc(-c2cnc3c(c2)ncn3-c2cc(OC)c(C(=O)O)c(OC)c2)cn1.CCn1cc(-c2cnc3c(c2)ncn3-c2cc(OC)c(C(=O)OC)c(OC)c2)cn1. The van der Waals surface area contributed by atoms with E-state index in [9.17, 15) is 14.7 Å². The second-order valence-corrected chi connectivity index (χ2v) is 12.8. The van der Waals surface area contributed by atoms with Gasteiger partial charge in [-0.1, -0.05) is 0 Å². The van der Waals surface area contributed by atoms with Crippen molar-refractivity contribution in [1.29, 1.82) is 0 Å². The van der Waals surface area contributed by atoms with Gasteiger partial charge in [0.25, 0.3) is 0 Å². The number of hydrogen-bond acceptors (Lipinski definition) is 13. The molecule has 8 aromatic rings. The topological polar surface area (TPSA) is 198 Å². The van der Waals surface area contributed by atoms with Crippen LogP contribution in [0.15, 0.2) is 86.2 Å². The Morgan fingerprint density at radius 2 is 0.966 bits per heavy atom. The number of benzene rings is 2. The van der Waals surface area contributed by atoms with Crippen LogP contribution in [0.1, 0.15) is 34.6 Å². The molecule has 0 radical (unpaired) electrons. The predicted octanol–water partition coefficient (Wildman–Crippen LogP) is 6.13. The van der Waals surface area contributed by atoms with Crippen LogP contribution in [0.2, 0.25) is 0 Å². The molecule has 8 rings (SSSR count). The number of carboxylic acid groups (broad SMARTS) is 1.